The summed E-state index contributed by atoms with van der Waals surface area (Å²) in [6, 6.07) is 5.85. The van der Waals surface area contributed by atoms with Crippen LogP contribution in [-0.2, 0) is 11.3 Å². The highest BCUT2D eigenvalue weighted by molar-refractivity contribution is 6.08. The third kappa shape index (κ3) is 2.71. The third-order valence-electron chi connectivity index (χ3n) is 4.53. The molecule has 1 aromatic rings. The van der Waals surface area contributed by atoms with Crippen LogP contribution < -0.4 is 0 Å². The first-order valence-electron chi connectivity index (χ1n) is 8.06. The number of unbranched alkanes of at least 4 members (excludes halogenated alkanes) is 1. The molecule has 3 rings (SSSR count). The second-order valence-electron chi connectivity index (χ2n) is 6.08. The number of aliphatic imine (C=N–C) groups is 1. The number of amides is 1. The predicted molar refractivity (Wildman–Crippen MR) is 82.9 cm³/mol. The number of nitrogens with zero attached hydrogens (tertiary/aromatic N) is 3. The van der Waals surface area contributed by atoms with Crippen LogP contribution in [0.3, 0.4) is 0 Å². The van der Waals surface area contributed by atoms with Gasteiger partial charge in [0.1, 0.15) is 11.4 Å². The minimum atomic E-state index is -0.433. The normalized spacial score (nSPS) is 20.3. The quantitative estimate of drug-likeness (QED) is 0.833. The van der Waals surface area contributed by atoms with Gasteiger partial charge in [-0.15, -0.1) is 0 Å². The van der Waals surface area contributed by atoms with Crippen LogP contribution >= 0.6 is 0 Å². The molecular weight excluding hydrogens is 262 g/mol. The minimum absolute atomic E-state index is 0.205. The Kier molecular flexibility index (Phi) is 4.04. The van der Waals surface area contributed by atoms with Crippen molar-refractivity contribution < 1.29 is 4.79 Å². The number of aromatic nitrogens is 1. The summed E-state index contributed by atoms with van der Waals surface area (Å²) in [6.07, 6.45) is 8.96. The number of rotatable bonds is 5. The summed E-state index contributed by atoms with van der Waals surface area (Å²) >= 11 is 0. The van der Waals surface area contributed by atoms with E-state index in [0.29, 0.717) is 6.54 Å². The molecule has 1 aromatic heterocycles. The fourth-order valence-electron chi connectivity index (χ4n) is 3.35. The Bertz CT molecular complexity index is 532. The number of carbonyl (C=O) groups excluding carboxylic acids is 1. The van der Waals surface area contributed by atoms with Crippen molar-refractivity contribution >= 4 is 11.7 Å². The van der Waals surface area contributed by atoms with Gasteiger partial charge in [0.15, 0.2) is 0 Å². The Balaban J connectivity index is 1.83. The number of hydrogen-bond acceptors (Lipinski definition) is 3. The number of amidine groups is 1. The summed E-state index contributed by atoms with van der Waals surface area (Å²) in [6.45, 7) is 2.73. The zero-order chi connectivity index (χ0) is 14.7. The molecule has 2 aliphatic rings. The van der Waals surface area contributed by atoms with Crippen LogP contribution in [-0.4, -0.2) is 27.2 Å². The second kappa shape index (κ2) is 5.96. The SMILES string of the molecule is CCCCC1=NC2(CCCC2)C(=O)N1Cc1ccccn1. The molecule has 0 N–H and O–H groups in total. The Labute approximate surface area is 126 Å². The van der Waals surface area contributed by atoms with Gasteiger partial charge in [0, 0.05) is 12.6 Å². The van der Waals surface area contributed by atoms with Crippen LogP contribution in [0.1, 0.15) is 57.6 Å². The first kappa shape index (κ1) is 14.2. The van der Waals surface area contributed by atoms with Crippen molar-refractivity contribution in [1.29, 1.82) is 0 Å². The van der Waals surface area contributed by atoms with Gasteiger partial charge in [-0.05, 0) is 31.4 Å². The average Bonchev–Trinajstić information content (AvgIpc) is 3.08. The molecule has 0 saturated heterocycles. The lowest BCUT2D eigenvalue weighted by molar-refractivity contribution is -0.131. The van der Waals surface area contributed by atoms with Gasteiger partial charge in [-0.2, -0.15) is 0 Å². The summed E-state index contributed by atoms with van der Waals surface area (Å²) < 4.78 is 0. The van der Waals surface area contributed by atoms with E-state index in [0.717, 1.165) is 56.5 Å². The van der Waals surface area contributed by atoms with Gasteiger partial charge in [0.05, 0.1) is 12.2 Å². The molecule has 1 amide bonds. The molecule has 1 saturated carbocycles. The highest BCUT2D eigenvalue weighted by atomic mass is 16.2. The lowest BCUT2D eigenvalue weighted by Crippen LogP contribution is -2.40. The van der Waals surface area contributed by atoms with Crippen LogP contribution in [0, 0.1) is 0 Å². The van der Waals surface area contributed by atoms with E-state index < -0.39 is 5.54 Å². The molecule has 0 atom stereocenters. The zero-order valence-corrected chi connectivity index (χ0v) is 12.7. The lowest BCUT2D eigenvalue weighted by atomic mass is 9.98. The molecule has 4 heteroatoms. The minimum Gasteiger partial charge on any atom is -0.292 e. The third-order valence-corrected chi connectivity index (χ3v) is 4.53. The lowest BCUT2D eigenvalue weighted by Gasteiger charge is -2.22. The maximum Gasteiger partial charge on any atom is 0.256 e. The standard InChI is InChI=1S/C17H23N3O/c1-2-3-9-15-19-17(10-5-6-11-17)16(21)20(15)13-14-8-4-7-12-18-14/h4,7-8,12H,2-3,5-6,9-11,13H2,1H3. The van der Waals surface area contributed by atoms with E-state index in [4.69, 9.17) is 4.99 Å². The highest BCUT2D eigenvalue weighted by Crippen LogP contribution is 2.39. The Morgan fingerprint density at radius 1 is 1.29 bits per heavy atom. The van der Waals surface area contributed by atoms with Gasteiger partial charge in [-0.3, -0.25) is 19.7 Å². The summed E-state index contributed by atoms with van der Waals surface area (Å²) in [7, 11) is 0. The fraction of sp³-hybridized carbons (Fsp3) is 0.588. The molecule has 0 aromatic carbocycles. The van der Waals surface area contributed by atoms with Crippen LogP contribution in [0.5, 0.6) is 0 Å². The maximum absolute atomic E-state index is 12.9. The topological polar surface area (TPSA) is 45.6 Å². The van der Waals surface area contributed by atoms with Gasteiger partial charge in [-0.25, -0.2) is 0 Å². The predicted octanol–water partition coefficient (Wildman–Crippen LogP) is 3.33. The van der Waals surface area contributed by atoms with Gasteiger partial charge < -0.3 is 0 Å². The summed E-state index contributed by atoms with van der Waals surface area (Å²) in [5, 5.41) is 0. The van der Waals surface area contributed by atoms with Crippen LogP contribution in [0.2, 0.25) is 0 Å². The van der Waals surface area contributed by atoms with Crippen molar-refractivity contribution in [3.05, 3.63) is 30.1 Å². The van der Waals surface area contributed by atoms with E-state index in [-0.39, 0.29) is 5.91 Å². The molecule has 1 aliphatic carbocycles. The highest BCUT2D eigenvalue weighted by Gasteiger charge is 2.49. The molecule has 0 unspecified atom stereocenters. The van der Waals surface area contributed by atoms with E-state index in [9.17, 15) is 4.79 Å². The van der Waals surface area contributed by atoms with Crippen molar-refractivity contribution in [2.24, 2.45) is 4.99 Å². The molecule has 1 spiro atoms. The van der Waals surface area contributed by atoms with Gasteiger partial charge in [0.25, 0.3) is 5.91 Å². The van der Waals surface area contributed by atoms with Crippen LogP contribution in [0.15, 0.2) is 29.4 Å². The number of hydrogen-bond donors (Lipinski definition) is 0. The molecule has 21 heavy (non-hydrogen) atoms. The van der Waals surface area contributed by atoms with E-state index >= 15 is 0 Å². The van der Waals surface area contributed by atoms with Crippen LogP contribution in [0.25, 0.3) is 0 Å². The van der Waals surface area contributed by atoms with Crippen LogP contribution in [0.4, 0.5) is 0 Å². The first-order chi connectivity index (χ1) is 10.2. The molecule has 2 heterocycles. The Morgan fingerprint density at radius 2 is 2.10 bits per heavy atom. The van der Waals surface area contributed by atoms with Crippen molar-refractivity contribution in [3.8, 4) is 0 Å². The average molecular weight is 285 g/mol. The monoisotopic (exact) mass is 285 g/mol. The number of carbonyl (C=O) groups is 1. The molecule has 112 valence electrons. The number of pyridine rings is 1. The first-order valence-corrected chi connectivity index (χ1v) is 8.06. The summed E-state index contributed by atoms with van der Waals surface area (Å²) in [5.74, 6) is 1.19. The van der Waals surface area contributed by atoms with E-state index in [2.05, 4.69) is 11.9 Å². The molecular formula is C17H23N3O. The maximum atomic E-state index is 12.9. The van der Waals surface area contributed by atoms with E-state index in [1.54, 1.807) is 6.20 Å². The van der Waals surface area contributed by atoms with E-state index in [1.807, 2.05) is 23.1 Å². The zero-order valence-electron chi connectivity index (χ0n) is 12.7. The molecule has 0 radical (unpaired) electrons. The Morgan fingerprint density at radius 3 is 2.76 bits per heavy atom. The van der Waals surface area contributed by atoms with Gasteiger partial charge >= 0.3 is 0 Å². The van der Waals surface area contributed by atoms with Crippen molar-refractivity contribution in [2.45, 2.75) is 64.0 Å². The Hall–Kier alpha value is -1.71. The van der Waals surface area contributed by atoms with Crippen molar-refractivity contribution in [1.82, 2.24) is 9.88 Å². The van der Waals surface area contributed by atoms with Crippen molar-refractivity contribution in [2.75, 3.05) is 0 Å². The van der Waals surface area contributed by atoms with E-state index in [1.165, 1.54) is 0 Å². The van der Waals surface area contributed by atoms with Crippen molar-refractivity contribution in [3.63, 3.8) is 0 Å². The van der Waals surface area contributed by atoms with Gasteiger partial charge in [0.2, 0.25) is 0 Å². The molecule has 1 fully saturated rings. The molecule has 4 nitrogen and oxygen atoms in total. The summed E-state index contributed by atoms with van der Waals surface area (Å²) in [4.78, 5) is 24.0. The fourth-order valence-corrected chi connectivity index (χ4v) is 3.35. The molecule has 0 bridgehead atoms. The second-order valence-corrected chi connectivity index (χ2v) is 6.08. The summed E-state index contributed by atoms with van der Waals surface area (Å²) in [5.41, 5.74) is 0.503. The smallest absolute Gasteiger partial charge is 0.256 e. The molecule has 1 aliphatic heterocycles. The van der Waals surface area contributed by atoms with Gasteiger partial charge in [-0.1, -0.05) is 32.3 Å². The largest absolute Gasteiger partial charge is 0.292 e.